The fraction of sp³-hybridized carbons (Fsp3) is 0.321. The molecule has 1 N–H and O–H groups in total. The van der Waals surface area contributed by atoms with Gasteiger partial charge in [0.15, 0.2) is 0 Å². The lowest BCUT2D eigenvalue weighted by atomic mass is 9.89. The van der Waals surface area contributed by atoms with Gasteiger partial charge in [0.05, 0.1) is 19.3 Å². The van der Waals surface area contributed by atoms with Crippen LogP contribution >= 0.6 is 11.6 Å². The molecule has 0 saturated carbocycles. The van der Waals surface area contributed by atoms with Crippen molar-refractivity contribution in [3.05, 3.63) is 77.1 Å². The van der Waals surface area contributed by atoms with Gasteiger partial charge >= 0.3 is 0 Å². The van der Waals surface area contributed by atoms with Crippen LogP contribution in [0.25, 0.3) is 11.1 Å². The number of halogens is 1. The lowest BCUT2D eigenvalue weighted by Crippen LogP contribution is -2.43. The van der Waals surface area contributed by atoms with E-state index in [2.05, 4.69) is 23.3 Å². The molecule has 0 radical (unpaired) electrons. The number of hydrogen-bond acceptors (Lipinski definition) is 5. The monoisotopic (exact) mass is 504 g/mol. The predicted octanol–water partition coefficient (Wildman–Crippen LogP) is 5.17. The van der Waals surface area contributed by atoms with Crippen LogP contribution in [-0.2, 0) is 9.53 Å². The molecule has 7 nitrogen and oxygen atoms in total. The average Bonchev–Trinajstić information content (AvgIpc) is 2.88. The number of nitrogens with zero attached hydrogens (tertiary/aromatic N) is 3. The zero-order valence-electron chi connectivity index (χ0n) is 20.4. The Morgan fingerprint density at radius 3 is 2.53 bits per heavy atom. The molecule has 8 heteroatoms. The van der Waals surface area contributed by atoms with Crippen LogP contribution in [0.3, 0.4) is 0 Å². The summed E-state index contributed by atoms with van der Waals surface area (Å²) < 4.78 is 5.34. The summed E-state index contributed by atoms with van der Waals surface area (Å²) in [7, 11) is 0. The Kier molecular flexibility index (Phi) is 6.94. The van der Waals surface area contributed by atoms with Gasteiger partial charge in [-0.1, -0.05) is 29.8 Å². The van der Waals surface area contributed by atoms with Crippen LogP contribution in [0.5, 0.6) is 0 Å². The van der Waals surface area contributed by atoms with Gasteiger partial charge in [-0.05, 0) is 60.9 Å². The third-order valence-corrected chi connectivity index (χ3v) is 7.03. The van der Waals surface area contributed by atoms with Crippen molar-refractivity contribution < 1.29 is 14.3 Å². The molecule has 0 bridgehead atoms. The van der Waals surface area contributed by atoms with Gasteiger partial charge in [0, 0.05) is 54.2 Å². The largest absolute Gasteiger partial charge is 0.378 e. The number of anilines is 2. The van der Waals surface area contributed by atoms with Gasteiger partial charge < -0.3 is 19.9 Å². The van der Waals surface area contributed by atoms with Crippen molar-refractivity contribution in [2.45, 2.75) is 32.4 Å². The van der Waals surface area contributed by atoms with E-state index in [1.54, 1.807) is 24.1 Å². The highest BCUT2D eigenvalue weighted by Crippen LogP contribution is 2.41. The molecule has 2 unspecified atom stereocenters. The summed E-state index contributed by atoms with van der Waals surface area (Å²) in [4.78, 5) is 33.4. The van der Waals surface area contributed by atoms with E-state index in [0.717, 1.165) is 34.5 Å². The number of morpholine rings is 1. The van der Waals surface area contributed by atoms with E-state index in [4.69, 9.17) is 16.3 Å². The van der Waals surface area contributed by atoms with Gasteiger partial charge in [0.1, 0.15) is 5.69 Å². The van der Waals surface area contributed by atoms with Crippen LogP contribution in [0.4, 0.5) is 11.4 Å². The summed E-state index contributed by atoms with van der Waals surface area (Å²) in [6, 6.07) is 17.5. The van der Waals surface area contributed by atoms with Crippen molar-refractivity contribution in [2.24, 2.45) is 0 Å². The number of amides is 2. The molecule has 2 amide bonds. The highest BCUT2D eigenvalue weighted by molar-refractivity contribution is 6.30. The average molecular weight is 505 g/mol. The Hall–Kier alpha value is -3.42. The normalized spacial score (nSPS) is 19.5. The van der Waals surface area contributed by atoms with Crippen molar-refractivity contribution >= 4 is 34.8 Å². The summed E-state index contributed by atoms with van der Waals surface area (Å²) in [5.41, 5.74) is 5.18. The van der Waals surface area contributed by atoms with Crippen LogP contribution in [0.1, 0.15) is 42.4 Å². The third kappa shape index (κ3) is 4.94. The van der Waals surface area contributed by atoms with Crippen molar-refractivity contribution in [2.75, 3.05) is 36.5 Å². The fourth-order valence-electron chi connectivity index (χ4n) is 5.06. The highest BCUT2D eigenvalue weighted by Gasteiger charge is 2.32. The van der Waals surface area contributed by atoms with Gasteiger partial charge in [-0.3, -0.25) is 14.6 Å². The van der Waals surface area contributed by atoms with Crippen molar-refractivity contribution in [3.63, 3.8) is 0 Å². The van der Waals surface area contributed by atoms with Crippen molar-refractivity contribution in [3.8, 4) is 11.1 Å². The Morgan fingerprint density at radius 1 is 1.06 bits per heavy atom. The molecule has 2 atom stereocenters. The maximum absolute atomic E-state index is 12.8. The molecule has 0 spiro atoms. The molecule has 5 rings (SSSR count). The van der Waals surface area contributed by atoms with E-state index < -0.39 is 0 Å². The number of fused-ring (bicyclic) bond motifs is 1. The molecule has 1 saturated heterocycles. The van der Waals surface area contributed by atoms with Crippen LogP contribution in [0.15, 0.2) is 60.8 Å². The summed E-state index contributed by atoms with van der Waals surface area (Å²) in [6.45, 7) is 5.95. The Balaban J connectivity index is 1.46. The molecule has 3 heterocycles. The smallest absolute Gasteiger partial charge is 0.272 e. The van der Waals surface area contributed by atoms with Crippen LogP contribution < -0.4 is 10.2 Å². The highest BCUT2D eigenvalue weighted by atomic mass is 35.5. The summed E-state index contributed by atoms with van der Waals surface area (Å²) in [6.07, 6.45) is 2.50. The molecular formula is C28H29ClN4O3. The number of ether oxygens (including phenoxy) is 1. The van der Waals surface area contributed by atoms with Crippen LogP contribution in [0.2, 0.25) is 5.02 Å². The van der Waals surface area contributed by atoms with E-state index in [-0.39, 0.29) is 23.9 Å². The topological polar surface area (TPSA) is 74.8 Å². The second-order valence-corrected chi connectivity index (χ2v) is 9.73. The molecule has 2 aliphatic rings. The van der Waals surface area contributed by atoms with Crippen LogP contribution in [-0.4, -0.2) is 54.0 Å². The van der Waals surface area contributed by atoms with Gasteiger partial charge in [0.25, 0.3) is 5.91 Å². The molecule has 0 aliphatic carbocycles. The van der Waals surface area contributed by atoms with Crippen molar-refractivity contribution in [1.82, 2.24) is 9.88 Å². The second-order valence-electron chi connectivity index (χ2n) is 9.29. The van der Waals surface area contributed by atoms with E-state index in [1.165, 1.54) is 0 Å². The first-order valence-corrected chi connectivity index (χ1v) is 12.6. The van der Waals surface area contributed by atoms with Gasteiger partial charge in [-0.2, -0.15) is 0 Å². The zero-order chi connectivity index (χ0) is 25.2. The number of carbonyl (C=O) groups is 2. The molecule has 186 valence electrons. The second kappa shape index (κ2) is 10.3. The van der Waals surface area contributed by atoms with E-state index in [1.807, 2.05) is 47.4 Å². The first kappa shape index (κ1) is 24.3. The number of hydrogen-bond donors (Lipinski definition) is 1. The number of aromatic nitrogens is 1. The van der Waals surface area contributed by atoms with Gasteiger partial charge in [0.2, 0.25) is 5.91 Å². The van der Waals surface area contributed by atoms with Crippen molar-refractivity contribution in [1.29, 1.82) is 0 Å². The molecule has 36 heavy (non-hydrogen) atoms. The quantitative estimate of drug-likeness (QED) is 0.530. The number of rotatable bonds is 4. The molecule has 1 fully saturated rings. The Labute approximate surface area is 216 Å². The summed E-state index contributed by atoms with van der Waals surface area (Å²) in [5.74, 6) is -0.0579. The number of benzene rings is 2. The number of nitrogens with one attached hydrogen (secondary N) is 1. The molecule has 2 aromatic carbocycles. The molecular weight excluding hydrogens is 476 g/mol. The lowest BCUT2D eigenvalue weighted by molar-refractivity contribution is -0.117. The van der Waals surface area contributed by atoms with Gasteiger partial charge in [-0.15, -0.1) is 0 Å². The SMILES string of the molecule is CC(=O)N1c2ccc(-c3ccc(C(=O)N4CCOCC4)nc3)cc2C(Nc2cccc(Cl)c2)CC1C. The summed E-state index contributed by atoms with van der Waals surface area (Å²) in [5, 5.41) is 4.28. The van der Waals surface area contributed by atoms with E-state index in [9.17, 15) is 9.59 Å². The Morgan fingerprint density at radius 2 is 1.83 bits per heavy atom. The zero-order valence-corrected chi connectivity index (χ0v) is 21.2. The van der Waals surface area contributed by atoms with Gasteiger partial charge in [-0.25, -0.2) is 0 Å². The summed E-state index contributed by atoms with van der Waals surface area (Å²) >= 11 is 6.21. The molecule has 2 aliphatic heterocycles. The van der Waals surface area contributed by atoms with Crippen LogP contribution in [0, 0.1) is 0 Å². The fourth-order valence-corrected chi connectivity index (χ4v) is 5.25. The first-order valence-electron chi connectivity index (χ1n) is 12.2. The number of pyridine rings is 1. The predicted molar refractivity (Wildman–Crippen MR) is 141 cm³/mol. The number of carbonyl (C=O) groups excluding carboxylic acids is 2. The lowest BCUT2D eigenvalue weighted by Gasteiger charge is -2.39. The Bertz CT molecular complexity index is 1270. The minimum Gasteiger partial charge on any atom is -0.378 e. The third-order valence-electron chi connectivity index (χ3n) is 6.80. The maximum atomic E-state index is 12.8. The minimum absolute atomic E-state index is 0.000790. The standard InChI is InChI=1S/C28H29ClN4O3/c1-18-14-26(31-23-5-3-4-22(29)16-23)24-15-20(7-9-27(24)33(18)19(2)34)21-6-8-25(30-17-21)28(35)32-10-12-36-13-11-32/h3-9,15-18,26,31H,10-14H2,1-2H3. The molecule has 3 aromatic rings. The van der Waals surface area contributed by atoms with E-state index in [0.29, 0.717) is 37.0 Å². The maximum Gasteiger partial charge on any atom is 0.272 e. The minimum atomic E-state index is -0.0767. The van der Waals surface area contributed by atoms with E-state index >= 15 is 0 Å². The first-order chi connectivity index (χ1) is 17.4. The molecule has 1 aromatic heterocycles.